The second kappa shape index (κ2) is 5.13. The summed E-state index contributed by atoms with van der Waals surface area (Å²) in [5, 5.41) is 2.94. The van der Waals surface area contributed by atoms with Crippen LogP contribution in [0.5, 0.6) is 0 Å². The number of aromatic nitrogens is 1. The smallest absolute Gasteiger partial charge is 0.193 e. The maximum Gasteiger partial charge on any atom is 0.193 e. The van der Waals surface area contributed by atoms with Crippen LogP contribution in [0.1, 0.15) is 13.3 Å². The molecule has 0 amide bonds. The minimum atomic E-state index is 0.440. The predicted octanol–water partition coefficient (Wildman–Crippen LogP) is 1.22. The van der Waals surface area contributed by atoms with E-state index in [-0.39, 0.29) is 0 Å². The van der Waals surface area contributed by atoms with Crippen LogP contribution in [0.2, 0.25) is 0 Å². The number of nitrogens with two attached hydrogens (primary N) is 1. The third-order valence-electron chi connectivity index (χ3n) is 1.44. The van der Waals surface area contributed by atoms with Gasteiger partial charge in [-0.1, -0.05) is 6.92 Å². The molecule has 0 aliphatic rings. The molecule has 3 N–H and O–H groups in total. The van der Waals surface area contributed by atoms with Gasteiger partial charge in [0, 0.05) is 12.7 Å². The first-order valence-corrected chi connectivity index (χ1v) is 4.30. The molecule has 1 aromatic rings. The summed E-state index contributed by atoms with van der Waals surface area (Å²) in [7, 11) is 0. The minimum Gasteiger partial charge on any atom is -0.370 e. The second-order valence-electron chi connectivity index (χ2n) is 2.63. The summed E-state index contributed by atoms with van der Waals surface area (Å²) in [6.07, 6.45) is 4.41. The van der Waals surface area contributed by atoms with E-state index in [1.165, 1.54) is 0 Å². The van der Waals surface area contributed by atoms with Crippen molar-refractivity contribution in [1.29, 1.82) is 0 Å². The number of nitrogens with zero attached hydrogens (tertiary/aromatic N) is 2. The molecule has 0 spiro atoms. The largest absolute Gasteiger partial charge is 0.370 e. The van der Waals surface area contributed by atoms with E-state index in [0.29, 0.717) is 5.96 Å². The molecule has 0 bridgehead atoms. The van der Waals surface area contributed by atoms with E-state index in [1.54, 1.807) is 12.4 Å². The number of guanidine groups is 1. The number of pyridine rings is 1. The van der Waals surface area contributed by atoms with Crippen molar-refractivity contribution in [2.24, 2.45) is 10.7 Å². The summed E-state index contributed by atoms with van der Waals surface area (Å²) in [5.41, 5.74) is 6.46. The van der Waals surface area contributed by atoms with E-state index in [9.17, 15) is 0 Å². The summed E-state index contributed by atoms with van der Waals surface area (Å²) in [6, 6.07) is 3.73. The molecule has 0 saturated heterocycles. The van der Waals surface area contributed by atoms with Crippen molar-refractivity contribution < 1.29 is 0 Å². The van der Waals surface area contributed by atoms with Gasteiger partial charge >= 0.3 is 0 Å². The highest BCUT2D eigenvalue weighted by molar-refractivity contribution is 5.91. The van der Waals surface area contributed by atoms with E-state index < -0.39 is 0 Å². The van der Waals surface area contributed by atoms with Crippen molar-refractivity contribution in [2.75, 3.05) is 11.9 Å². The van der Waals surface area contributed by atoms with Crippen LogP contribution < -0.4 is 11.1 Å². The van der Waals surface area contributed by atoms with Gasteiger partial charge in [-0.3, -0.25) is 9.98 Å². The minimum absolute atomic E-state index is 0.440. The molecule has 13 heavy (non-hydrogen) atoms. The zero-order valence-corrected chi connectivity index (χ0v) is 7.70. The Morgan fingerprint density at radius 2 is 2.54 bits per heavy atom. The molecule has 4 heteroatoms. The molecule has 0 unspecified atom stereocenters. The summed E-state index contributed by atoms with van der Waals surface area (Å²) >= 11 is 0. The highest BCUT2D eigenvalue weighted by Crippen LogP contribution is 2.00. The molecular formula is C9H14N4. The number of hydrogen-bond donors (Lipinski definition) is 2. The lowest BCUT2D eigenvalue weighted by molar-refractivity contribution is 0.929. The topological polar surface area (TPSA) is 63.3 Å². The first kappa shape index (κ1) is 9.51. The molecule has 0 atom stereocenters. The summed E-state index contributed by atoms with van der Waals surface area (Å²) in [5.74, 6) is 0.440. The van der Waals surface area contributed by atoms with Crippen LogP contribution in [0.4, 0.5) is 5.69 Å². The van der Waals surface area contributed by atoms with Crippen LogP contribution in [0.15, 0.2) is 29.5 Å². The zero-order valence-electron chi connectivity index (χ0n) is 7.70. The Balaban J connectivity index is 2.50. The lowest BCUT2D eigenvalue weighted by Gasteiger charge is -2.03. The molecule has 1 aromatic heterocycles. The van der Waals surface area contributed by atoms with Gasteiger partial charge in [0.2, 0.25) is 0 Å². The van der Waals surface area contributed by atoms with Crippen LogP contribution in [-0.2, 0) is 0 Å². The second-order valence-corrected chi connectivity index (χ2v) is 2.63. The first-order valence-electron chi connectivity index (χ1n) is 4.30. The number of rotatable bonds is 3. The van der Waals surface area contributed by atoms with E-state index in [1.807, 2.05) is 12.1 Å². The fourth-order valence-corrected chi connectivity index (χ4v) is 0.856. The van der Waals surface area contributed by atoms with Crippen molar-refractivity contribution >= 4 is 11.6 Å². The summed E-state index contributed by atoms with van der Waals surface area (Å²) in [6.45, 7) is 2.81. The van der Waals surface area contributed by atoms with Gasteiger partial charge in [-0.15, -0.1) is 0 Å². The summed E-state index contributed by atoms with van der Waals surface area (Å²) in [4.78, 5) is 8.04. The van der Waals surface area contributed by atoms with Gasteiger partial charge in [0.05, 0.1) is 11.9 Å². The van der Waals surface area contributed by atoms with Gasteiger partial charge in [0.15, 0.2) is 5.96 Å². The summed E-state index contributed by atoms with van der Waals surface area (Å²) < 4.78 is 0. The Labute approximate surface area is 77.9 Å². The Morgan fingerprint density at radius 1 is 1.69 bits per heavy atom. The predicted molar refractivity (Wildman–Crippen MR) is 54.6 cm³/mol. The number of nitrogens with one attached hydrogen (secondary N) is 1. The van der Waals surface area contributed by atoms with Gasteiger partial charge in [-0.25, -0.2) is 0 Å². The molecule has 0 aromatic carbocycles. The Hall–Kier alpha value is -1.58. The van der Waals surface area contributed by atoms with Gasteiger partial charge in [0.25, 0.3) is 0 Å². The fraction of sp³-hybridized carbons (Fsp3) is 0.333. The van der Waals surface area contributed by atoms with E-state index in [2.05, 4.69) is 22.2 Å². The molecule has 0 saturated carbocycles. The van der Waals surface area contributed by atoms with Crippen molar-refractivity contribution in [3.63, 3.8) is 0 Å². The van der Waals surface area contributed by atoms with E-state index >= 15 is 0 Å². The monoisotopic (exact) mass is 178 g/mol. The van der Waals surface area contributed by atoms with Gasteiger partial charge in [0.1, 0.15) is 0 Å². The van der Waals surface area contributed by atoms with Crippen molar-refractivity contribution in [2.45, 2.75) is 13.3 Å². The van der Waals surface area contributed by atoms with Gasteiger partial charge in [-0.2, -0.15) is 0 Å². The van der Waals surface area contributed by atoms with E-state index in [4.69, 9.17) is 5.73 Å². The SMILES string of the molecule is CCCN=C(N)Nc1cccnc1. The Morgan fingerprint density at radius 3 is 3.15 bits per heavy atom. The first-order chi connectivity index (χ1) is 6.33. The third kappa shape index (κ3) is 3.55. The van der Waals surface area contributed by atoms with Crippen LogP contribution >= 0.6 is 0 Å². The number of anilines is 1. The molecular weight excluding hydrogens is 164 g/mol. The van der Waals surface area contributed by atoms with Gasteiger partial charge < -0.3 is 11.1 Å². The third-order valence-corrected chi connectivity index (χ3v) is 1.44. The van der Waals surface area contributed by atoms with Crippen LogP contribution in [0.3, 0.4) is 0 Å². The molecule has 0 fully saturated rings. The highest BCUT2D eigenvalue weighted by atomic mass is 15.1. The van der Waals surface area contributed by atoms with Crippen molar-refractivity contribution in [3.8, 4) is 0 Å². The van der Waals surface area contributed by atoms with Crippen LogP contribution in [-0.4, -0.2) is 17.5 Å². The van der Waals surface area contributed by atoms with E-state index in [0.717, 1.165) is 18.7 Å². The number of hydrogen-bond acceptors (Lipinski definition) is 2. The lowest BCUT2D eigenvalue weighted by atomic mass is 10.4. The maximum absolute atomic E-state index is 5.60. The van der Waals surface area contributed by atoms with Crippen LogP contribution in [0, 0.1) is 0 Å². The van der Waals surface area contributed by atoms with Gasteiger partial charge in [-0.05, 0) is 18.6 Å². The molecule has 70 valence electrons. The molecule has 0 aliphatic heterocycles. The average molecular weight is 178 g/mol. The average Bonchev–Trinajstić information content (AvgIpc) is 2.16. The molecule has 0 aliphatic carbocycles. The molecule has 1 rings (SSSR count). The molecule has 4 nitrogen and oxygen atoms in total. The lowest BCUT2D eigenvalue weighted by Crippen LogP contribution is -2.22. The standard InChI is InChI=1S/C9H14N4/c1-2-5-12-9(10)13-8-4-3-6-11-7-8/h3-4,6-7H,2,5H2,1H3,(H3,10,12,13). The van der Waals surface area contributed by atoms with Crippen molar-refractivity contribution in [3.05, 3.63) is 24.5 Å². The van der Waals surface area contributed by atoms with Crippen molar-refractivity contribution in [1.82, 2.24) is 4.98 Å². The normalized spacial score (nSPS) is 11.3. The Bertz CT molecular complexity index is 268. The fourth-order valence-electron chi connectivity index (χ4n) is 0.856. The maximum atomic E-state index is 5.60. The zero-order chi connectivity index (χ0) is 9.52. The molecule has 1 heterocycles. The molecule has 0 radical (unpaired) electrons. The number of aliphatic imine (C=N–C) groups is 1. The van der Waals surface area contributed by atoms with Crippen LogP contribution in [0.25, 0.3) is 0 Å². The Kier molecular flexibility index (Phi) is 3.75. The highest BCUT2D eigenvalue weighted by Gasteiger charge is 1.91. The quantitative estimate of drug-likeness (QED) is 0.540.